The van der Waals surface area contributed by atoms with Gasteiger partial charge < -0.3 is 15.0 Å². The first-order valence-electron chi connectivity index (χ1n) is 9.25. The highest BCUT2D eigenvalue weighted by Gasteiger charge is 2.28. The van der Waals surface area contributed by atoms with Gasteiger partial charge in [0.25, 0.3) is 11.8 Å². The lowest BCUT2D eigenvalue weighted by atomic mass is 10.0. The van der Waals surface area contributed by atoms with Crippen molar-refractivity contribution in [3.05, 3.63) is 77.5 Å². The maximum absolute atomic E-state index is 12.8. The van der Waals surface area contributed by atoms with Crippen molar-refractivity contribution in [2.75, 3.05) is 26.7 Å². The maximum atomic E-state index is 12.8. The molecule has 1 aromatic heterocycles. The minimum atomic E-state index is -0.380. The number of carbonyl (C=O) groups is 2. The van der Waals surface area contributed by atoms with E-state index in [1.807, 2.05) is 54.6 Å². The van der Waals surface area contributed by atoms with Crippen molar-refractivity contribution >= 4 is 22.7 Å². The van der Waals surface area contributed by atoms with Crippen LogP contribution in [0.5, 0.6) is 0 Å². The molecular formula is C22H21N3O3. The summed E-state index contributed by atoms with van der Waals surface area (Å²) in [6.07, 6.45) is -0.380. The fraction of sp³-hybridized carbons (Fsp3) is 0.227. The van der Waals surface area contributed by atoms with Gasteiger partial charge in [-0.1, -0.05) is 36.4 Å². The van der Waals surface area contributed by atoms with Gasteiger partial charge in [0.2, 0.25) is 0 Å². The van der Waals surface area contributed by atoms with E-state index < -0.39 is 0 Å². The molecule has 3 aromatic rings. The average Bonchev–Trinajstić information content (AvgIpc) is 2.78. The molecule has 0 bridgehead atoms. The highest BCUT2D eigenvalue weighted by Crippen LogP contribution is 2.26. The van der Waals surface area contributed by atoms with E-state index >= 15 is 0 Å². The number of amides is 2. The Labute approximate surface area is 163 Å². The van der Waals surface area contributed by atoms with E-state index in [4.69, 9.17) is 9.72 Å². The summed E-state index contributed by atoms with van der Waals surface area (Å²) in [7, 11) is 1.61. The van der Waals surface area contributed by atoms with Crippen molar-refractivity contribution in [1.29, 1.82) is 0 Å². The second-order valence-corrected chi connectivity index (χ2v) is 6.67. The zero-order valence-electron chi connectivity index (χ0n) is 15.6. The quantitative estimate of drug-likeness (QED) is 0.764. The Kier molecular flexibility index (Phi) is 5.04. The highest BCUT2D eigenvalue weighted by molar-refractivity contribution is 6.06. The number of benzene rings is 2. The molecule has 0 aliphatic carbocycles. The van der Waals surface area contributed by atoms with Crippen LogP contribution in [0.25, 0.3) is 10.9 Å². The molecule has 2 amide bonds. The number of hydrogen-bond acceptors (Lipinski definition) is 4. The summed E-state index contributed by atoms with van der Waals surface area (Å²) in [6, 6.07) is 18.5. The second-order valence-electron chi connectivity index (χ2n) is 6.67. The molecule has 28 heavy (non-hydrogen) atoms. The van der Waals surface area contributed by atoms with E-state index in [1.165, 1.54) is 0 Å². The van der Waals surface area contributed by atoms with Crippen molar-refractivity contribution in [3.63, 3.8) is 0 Å². The first-order valence-corrected chi connectivity index (χ1v) is 9.25. The van der Waals surface area contributed by atoms with Crippen molar-refractivity contribution in [1.82, 2.24) is 15.2 Å². The van der Waals surface area contributed by atoms with Gasteiger partial charge in [-0.15, -0.1) is 0 Å². The van der Waals surface area contributed by atoms with Gasteiger partial charge >= 0.3 is 0 Å². The highest BCUT2D eigenvalue weighted by atomic mass is 16.5. The summed E-state index contributed by atoms with van der Waals surface area (Å²) in [4.78, 5) is 31.6. The number of aromatic nitrogens is 1. The van der Waals surface area contributed by atoms with E-state index in [2.05, 4.69) is 5.32 Å². The maximum Gasteiger partial charge on any atom is 0.254 e. The van der Waals surface area contributed by atoms with Crippen molar-refractivity contribution in [2.45, 2.75) is 6.10 Å². The van der Waals surface area contributed by atoms with E-state index in [9.17, 15) is 9.59 Å². The number of rotatable bonds is 3. The minimum absolute atomic E-state index is 0.0267. The lowest BCUT2D eigenvalue weighted by molar-refractivity contribution is -0.0246. The molecule has 1 N–H and O–H groups in total. The van der Waals surface area contributed by atoms with Gasteiger partial charge in [0.05, 0.1) is 29.9 Å². The Morgan fingerprint density at radius 3 is 2.64 bits per heavy atom. The van der Waals surface area contributed by atoms with Gasteiger partial charge in [-0.25, -0.2) is 4.98 Å². The summed E-state index contributed by atoms with van der Waals surface area (Å²) in [5.74, 6) is -0.200. The number of nitrogens with one attached hydrogen (secondary N) is 1. The van der Waals surface area contributed by atoms with Gasteiger partial charge in [0.15, 0.2) is 0 Å². The van der Waals surface area contributed by atoms with Crippen LogP contribution in [0, 0.1) is 0 Å². The van der Waals surface area contributed by atoms with Gasteiger partial charge in [-0.3, -0.25) is 9.59 Å². The Hall–Kier alpha value is -3.25. The van der Waals surface area contributed by atoms with Gasteiger partial charge in [-0.2, -0.15) is 0 Å². The molecule has 6 nitrogen and oxygen atoms in total. The molecule has 1 aliphatic rings. The zero-order chi connectivity index (χ0) is 19.5. The van der Waals surface area contributed by atoms with Gasteiger partial charge in [0.1, 0.15) is 6.10 Å². The Bertz CT molecular complexity index is 1020. The number of hydrogen-bond donors (Lipinski definition) is 1. The third-order valence-corrected chi connectivity index (χ3v) is 4.91. The standard InChI is InChI=1S/C22H21N3O3/c1-23-21(26)17-13-19(24-18-10-6-5-9-16(17)18)20-14-25(11-12-28-20)22(27)15-7-3-2-4-8-15/h2-10,13,20H,11-12,14H2,1H3,(H,23,26). The molecule has 2 heterocycles. The zero-order valence-corrected chi connectivity index (χ0v) is 15.6. The van der Waals surface area contributed by atoms with Crippen molar-refractivity contribution in [3.8, 4) is 0 Å². The molecule has 1 saturated heterocycles. The van der Waals surface area contributed by atoms with Crippen LogP contribution < -0.4 is 5.32 Å². The summed E-state index contributed by atoms with van der Waals surface area (Å²) < 4.78 is 5.91. The van der Waals surface area contributed by atoms with Gasteiger partial charge in [-0.05, 0) is 24.3 Å². The van der Waals surface area contributed by atoms with Crippen LogP contribution in [0.15, 0.2) is 60.7 Å². The number of fused-ring (bicyclic) bond motifs is 1. The topological polar surface area (TPSA) is 71.5 Å². The number of morpholine rings is 1. The molecule has 1 aliphatic heterocycles. The first kappa shape index (κ1) is 18.1. The SMILES string of the molecule is CNC(=O)c1cc(C2CN(C(=O)c3ccccc3)CCO2)nc2ccccc12. The number of ether oxygens (including phenoxy) is 1. The van der Waals surface area contributed by atoms with E-state index in [0.29, 0.717) is 36.5 Å². The Morgan fingerprint density at radius 2 is 1.86 bits per heavy atom. The molecule has 1 fully saturated rings. The molecule has 1 unspecified atom stereocenters. The van der Waals surface area contributed by atoms with Crippen LogP contribution in [-0.2, 0) is 4.74 Å². The van der Waals surface area contributed by atoms with Gasteiger partial charge in [0, 0.05) is 24.5 Å². The molecule has 1 atom stereocenters. The fourth-order valence-electron chi connectivity index (χ4n) is 3.46. The van der Waals surface area contributed by atoms with Crippen LogP contribution in [0.2, 0.25) is 0 Å². The summed E-state index contributed by atoms with van der Waals surface area (Å²) >= 11 is 0. The lowest BCUT2D eigenvalue weighted by Gasteiger charge is -2.33. The third kappa shape index (κ3) is 3.46. The summed E-state index contributed by atoms with van der Waals surface area (Å²) in [5, 5.41) is 3.47. The van der Waals surface area contributed by atoms with Crippen LogP contribution in [-0.4, -0.2) is 48.4 Å². The molecule has 4 rings (SSSR count). The third-order valence-electron chi connectivity index (χ3n) is 4.91. The molecule has 0 saturated carbocycles. The minimum Gasteiger partial charge on any atom is -0.368 e. The van der Waals surface area contributed by atoms with E-state index in [0.717, 1.165) is 10.9 Å². The summed E-state index contributed by atoms with van der Waals surface area (Å²) in [5.41, 5.74) is 2.59. The van der Waals surface area contributed by atoms with E-state index in [-0.39, 0.29) is 17.9 Å². The van der Waals surface area contributed by atoms with Crippen molar-refractivity contribution < 1.29 is 14.3 Å². The largest absolute Gasteiger partial charge is 0.368 e. The fourth-order valence-corrected chi connectivity index (χ4v) is 3.46. The second kappa shape index (κ2) is 7.78. The number of nitrogens with zero attached hydrogens (tertiary/aromatic N) is 2. The average molecular weight is 375 g/mol. The number of carbonyl (C=O) groups excluding carboxylic acids is 2. The molecule has 2 aromatic carbocycles. The number of pyridine rings is 1. The monoisotopic (exact) mass is 375 g/mol. The Morgan fingerprint density at radius 1 is 1.11 bits per heavy atom. The smallest absolute Gasteiger partial charge is 0.254 e. The van der Waals surface area contributed by atoms with Crippen LogP contribution >= 0.6 is 0 Å². The predicted octanol–water partition coefficient (Wildman–Crippen LogP) is 2.81. The van der Waals surface area contributed by atoms with Crippen LogP contribution in [0.1, 0.15) is 32.5 Å². The molecule has 0 radical (unpaired) electrons. The summed E-state index contributed by atoms with van der Waals surface area (Å²) in [6.45, 7) is 1.35. The first-order chi connectivity index (χ1) is 13.7. The molecule has 0 spiro atoms. The van der Waals surface area contributed by atoms with Crippen LogP contribution in [0.3, 0.4) is 0 Å². The lowest BCUT2D eigenvalue weighted by Crippen LogP contribution is -2.42. The predicted molar refractivity (Wildman–Crippen MR) is 106 cm³/mol. The normalized spacial score (nSPS) is 16.8. The Balaban J connectivity index is 1.66. The molecular weight excluding hydrogens is 354 g/mol. The number of para-hydroxylation sites is 1. The molecule has 6 heteroatoms. The molecule has 142 valence electrons. The van der Waals surface area contributed by atoms with Crippen LogP contribution in [0.4, 0.5) is 0 Å². The van der Waals surface area contributed by atoms with Crippen molar-refractivity contribution in [2.24, 2.45) is 0 Å². The van der Waals surface area contributed by atoms with E-state index in [1.54, 1.807) is 18.0 Å².